The van der Waals surface area contributed by atoms with Crippen molar-refractivity contribution in [3.8, 4) is 11.5 Å². The number of methoxy groups -OCH3 is 1. The maximum Gasteiger partial charge on any atom is 0.191 e. The SMILES string of the molecule is CCNC(=NCC1CCCN(C)C1c1cccs1)NCCc1cccc(OC)c1O.I. The highest BCUT2D eigenvalue weighted by Crippen LogP contribution is 2.37. The topological polar surface area (TPSA) is 69.1 Å². The van der Waals surface area contributed by atoms with Gasteiger partial charge in [-0.25, -0.2) is 0 Å². The summed E-state index contributed by atoms with van der Waals surface area (Å²) in [5.41, 5.74) is 0.865. The third-order valence-corrected chi connectivity index (χ3v) is 6.60. The molecule has 1 aliphatic rings. The molecule has 6 nitrogen and oxygen atoms in total. The third kappa shape index (κ3) is 6.98. The molecule has 2 aromatic rings. The summed E-state index contributed by atoms with van der Waals surface area (Å²) in [5, 5.41) is 19.2. The van der Waals surface area contributed by atoms with Crippen LogP contribution in [0.3, 0.4) is 0 Å². The van der Waals surface area contributed by atoms with Crippen molar-refractivity contribution in [3.63, 3.8) is 0 Å². The number of piperidine rings is 1. The molecule has 2 heterocycles. The van der Waals surface area contributed by atoms with Gasteiger partial charge >= 0.3 is 0 Å². The number of thiophene rings is 1. The Bertz CT molecular complexity index is 816. The summed E-state index contributed by atoms with van der Waals surface area (Å²) < 4.78 is 5.20. The molecule has 3 N–H and O–H groups in total. The van der Waals surface area contributed by atoms with Gasteiger partial charge in [0.1, 0.15) is 0 Å². The summed E-state index contributed by atoms with van der Waals surface area (Å²) in [4.78, 5) is 8.81. The van der Waals surface area contributed by atoms with E-state index in [1.807, 2.05) is 23.5 Å². The van der Waals surface area contributed by atoms with Gasteiger partial charge in [0.2, 0.25) is 0 Å². The first kappa shape index (κ1) is 25.7. The highest BCUT2D eigenvalue weighted by Gasteiger charge is 2.31. The molecule has 2 unspecified atom stereocenters. The Labute approximate surface area is 207 Å². The van der Waals surface area contributed by atoms with E-state index in [-0.39, 0.29) is 29.7 Å². The van der Waals surface area contributed by atoms with Crippen LogP contribution in [0.2, 0.25) is 0 Å². The minimum absolute atomic E-state index is 0. The summed E-state index contributed by atoms with van der Waals surface area (Å²) in [7, 11) is 3.80. The maximum absolute atomic E-state index is 10.3. The number of likely N-dealkylation sites (tertiary alicyclic amines) is 1. The normalized spacial score (nSPS) is 19.5. The van der Waals surface area contributed by atoms with Crippen molar-refractivity contribution in [3.05, 3.63) is 46.2 Å². The number of halogens is 1. The molecule has 1 aromatic heterocycles. The number of guanidine groups is 1. The summed E-state index contributed by atoms with van der Waals surface area (Å²) in [5.74, 6) is 2.07. The number of hydrogen-bond donors (Lipinski definition) is 3. The third-order valence-electron chi connectivity index (χ3n) is 5.66. The number of benzene rings is 1. The lowest BCUT2D eigenvalue weighted by Crippen LogP contribution is -2.40. The molecule has 0 radical (unpaired) electrons. The number of para-hydroxylation sites is 1. The molecule has 1 fully saturated rings. The molecular weight excluding hydrogens is 523 g/mol. The van der Waals surface area contributed by atoms with Crippen LogP contribution in [0.1, 0.15) is 36.2 Å². The summed E-state index contributed by atoms with van der Waals surface area (Å²) in [6.45, 7) is 5.52. The number of aliphatic imine (C=N–C) groups is 1. The zero-order valence-corrected chi connectivity index (χ0v) is 21.8. The second-order valence-corrected chi connectivity index (χ2v) is 8.69. The Morgan fingerprint density at radius 1 is 1.29 bits per heavy atom. The van der Waals surface area contributed by atoms with Crippen LogP contribution in [0.4, 0.5) is 0 Å². The summed E-state index contributed by atoms with van der Waals surface area (Å²) in [6, 6.07) is 10.4. The van der Waals surface area contributed by atoms with E-state index in [1.165, 1.54) is 17.7 Å². The van der Waals surface area contributed by atoms with Crippen LogP contribution in [0, 0.1) is 5.92 Å². The van der Waals surface area contributed by atoms with Crippen molar-refractivity contribution in [1.29, 1.82) is 0 Å². The molecule has 8 heteroatoms. The predicted molar refractivity (Wildman–Crippen MR) is 140 cm³/mol. The van der Waals surface area contributed by atoms with Gasteiger partial charge < -0.3 is 20.5 Å². The van der Waals surface area contributed by atoms with Gasteiger partial charge in [0.25, 0.3) is 0 Å². The fourth-order valence-electron chi connectivity index (χ4n) is 4.16. The molecule has 31 heavy (non-hydrogen) atoms. The smallest absolute Gasteiger partial charge is 0.191 e. The maximum atomic E-state index is 10.3. The monoisotopic (exact) mass is 558 g/mol. The second-order valence-electron chi connectivity index (χ2n) is 7.71. The number of nitrogens with one attached hydrogen (secondary N) is 2. The summed E-state index contributed by atoms with van der Waals surface area (Å²) >= 11 is 1.84. The first-order chi connectivity index (χ1) is 14.6. The van der Waals surface area contributed by atoms with Gasteiger partial charge in [0, 0.05) is 30.6 Å². The molecule has 1 aliphatic heterocycles. The minimum Gasteiger partial charge on any atom is -0.504 e. The van der Waals surface area contributed by atoms with E-state index in [0.717, 1.165) is 31.2 Å². The van der Waals surface area contributed by atoms with Gasteiger partial charge in [-0.1, -0.05) is 18.2 Å². The Hall–Kier alpha value is -1.52. The molecule has 3 rings (SSSR count). The number of phenolic OH excluding ortho intramolecular Hbond substituents is 1. The van der Waals surface area contributed by atoms with Crippen molar-refractivity contribution in [1.82, 2.24) is 15.5 Å². The molecule has 172 valence electrons. The number of hydrogen-bond acceptors (Lipinski definition) is 5. The van der Waals surface area contributed by atoms with Gasteiger partial charge in [0.15, 0.2) is 17.5 Å². The highest BCUT2D eigenvalue weighted by atomic mass is 127. The van der Waals surface area contributed by atoms with Crippen molar-refractivity contribution < 1.29 is 9.84 Å². The van der Waals surface area contributed by atoms with Crippen molar-refractivity contribution in [2.75, 3.05) is 40.3 Å². The highest BCUT2D eigenvalue weighted by molar-refractivity contribution is 14.0. The predicted octanol–water partition coefficient (Wildman–Crippen LogP) is 4.26. The van der Waals surface area contributed by atoms with E-state index < -0.39 is 0 Å². The number of ether oxygens (including phenoxy) is 1. The van der Waals surface area contributed by atoms with Gasteiger partial charge in [-0.2, -0.15) is 0 Å². The van der Waals surface area contributed by atoms with Gasteiger partial charge in [-0.3, -0.25) is 9.89 Å². The zero-order valence-electron chi connectivity index (χ0n) is 18.6. The molecule has 0 spiro atoms. The van der Waals surface area contributed by atoms with Crippen molar-refractivity contribution >= 4 is 41.3 Å². The number of nitrogens with zero attached hydrogens (tertiary/aromatic N) is 2. The van der Waals surface area contributed by atoms with Crippen LogP contribution in [0.5, 0.6) is 11.5 Å². The van der Waals surface area contributed by atoms with Crippen LogP contribution in [-0.4, -0.2) is 56.3 Å². The largest absolute Gasteiger partial charge is 0.504 e. The van der Waals surface area contributed by atoms with Crippen LogP contribution >= 0.6 is 35.3 Å². The van der Waals surface area contributed by atoms with Crippen LogP contribution < -0.4 is 15.4 Å². The first-order valence-electron chi connectivity index (χ1n) is 10.7. The van der Waals surface area contributed by atoms with Gasteiger partial charge in [0.05, 0.1) is 7.11 Å². The van der Waals surface area contributed by atoms with E-state index in [1.54, 1.807) is 13.2 Å². The van der Waals surface area contributed by atoms with Crippen molar-refractivity contribution in [2.24, 2.45) is 10.9 Å². The van der Waals surface area contributed by atoms with E-state index in [4.69, 9.17) is 9.73 Å². The van der Waals surface area contributed by atoms with Crippen molar-refractivity contribution in [2.45, 2.75) is 32.2 Å². The molecule has 0 bridgehead atoms. The molecule has 0 amide bonds. The number of aromatic hydroxyl groups is 1. The second kappa shape index (κ2) is 13.1. The lowest BCUT2D eigenvalue weighted by atomic mass is 9.88. The minimum atomic E-state index is 0. The van der Waals surface area contributed by atoms with Gasteiger partial charge in [-0.05, 0) is 68.8 Å². The van der Waals surface area contributed by atoms with E-state index in [2.05, 4.69) is 47.0 Å². The number of phenols is 1. The van der Waals surface area contributed by atoms with E-state index in [9.17, 15) is 5.11 Å². The Kier molecular flexibility index (Phi) is 10.9. The molecular formula is C23H35IN4O2S. The number of rotatable bonds is 8. The Balaban J connectivity index is 0.00000341. The van der Waals surface area contributed by atoms with Crippen LogP contribution in [0.15, 0.2) is 40.7 Å². The molecule has 0 aliphatic carbocycles. The lowest BCUT2D eigenvalue weighted by molar-refractivity contribution is 0.128. The van der Waals surface area contributed by atoms with E-state index >= 15 is 0 Å². The zero-order chi connectivity index (χ0) is 21.3. The molecule has 1 aromatic carbocycles. The molecule has 1 saturated heterocycles. The molecule has 2 atom stereocenters. The average molecular weight is 559 g/mol. The first-order valence-corrected chi connectivity index (χ1v) is 11.6. The average Bonchev–Trinajstić information content (AvgIpc) is 3.27. The fourth-order valence-corrected chi connectivity index (χ4v) is 5.14. The standard InChI is InChI=1S/C23H34N4O2S.HI/c1-4-24-23(25-13-12-17-8-5-10-19(29-3)22(17)28)26-16-18-9-6-14-27(2)21(18)20-11-7-15-30-20;/h5,7-8,10-11,15,18,21,28H,4,6,9,12-14,16H2,1-3H3,(H2,24,25,26);1H. The van der Waals surface area contributed by atoms with Crippen LogP contribution in [0.25, 0.3) is 0 Å². The van der Waals surface area contributed by atoms with E-state index in [0.29, 0.717) is 30.7 Å². The summed E-state index contributed by atoms with van der Waals surface area (Å²) in [6.07, 6.45) is 3.11. The Morgan fingerprint density at radius 2 is 2.13 bits per heavy atom. The van der Waals surface area contributed by atoms with Crippen LogP contribution in [-0.2, 0) is 6.42 Å². The quantitative estimate of drug-likeness (QED) is 0.257. The molecule has 0 saturated carbocycles. The fraction of sp³-hybridized carbons (Fsp3) is 0.522. The lowest BCUT2D eigenvalue weighted by Gasteiger charge is -2.38. The Morgan fingerprint density at radius 3 is 2.84 bits per heavy atom. The van der Waals surface area contributed by atoms with Gasteiger partial charge in [-0.15, -0.1) is 35.3 Å².